The summed E-state index contributed by atoms with van der Waals surface area (Å²) in [5.74, 6) is 0.0897. The average molecular weight is 454 g/mol. The Bertz CT molecular complexity index is 708. The summed E-state index contributed by atoms with van der Waals surface area (Å²) >= 11 is 18.7. The monoisotopic (exact) mass is 451 g/mol. The Balaban J connectivity index is 2.39. The summed E-state index contributed by atoms with van der Waals surface area (Å²) in [6.07, 6.45) is 0. The zero-order valence-electron chi connectivity index (χ0n) is 10.7. The maximum Gasteiger partial charge on any atom is 0.259 e. The molecule has 0 unspecified atom stereocenters. The minimum absolute atomic E-state index is 0.292. The molecule has 0 fully saturated rings. The second kappa shape index (κ2) is 7.01. The summed E-state index contributed by atoms with van der Waals surface area (Å²) in [7, 11) is 1.50. The van der Waals surface area contributed by atoms with Crippen LogP contribution in [0.25, 0.3) is 0 Å². The molecule has 0 saturated carbocycles. The molecule has 2 rings (SSSR count). The van der Waals surface area contributed by atoms with Gasteiger partial charge in [0.1, 0.15) is 5.75 Å². The van der Waals surface area contributed by atoms with Crippen molar-refractivity contribution in [3.05, 3.63) is 54.9 Å². The van der Waals surface area contributed by atoms with E-state index in [2.05, 4.69) is 37.2 Å². The molecule has 0 bridgehead atoms. The standard InChI is InChI=1S/C14H9Br2Cl2NO2/c1-21-13-8(5-7(15)6-9(13)16)14(20)19-11-4-2-3-10(17)12(11)18/h2-6H,1H3,(H,19,20). The highest BCUT2D eigenvalue weighted by atomic mass is 79.9. The van der Waals surface area contributed by atoms with Crippen LogP contribution in [-0.4, -0.2) is 13.0 Å². The highest BCUT2D eigenvalue weighted by molar-refractivity contribution is 9.11. The number of benzene rings is 2. The van der Waals surface area contributed by atoms with Gasteiger partial charge in [0, 0.05) is 4.47 Å². The first-order valence-corrected chi connectivity index (χ1v) is 8.06. The van der Waals surface area contributed by atoms with Gasteiger partial charge in [-0.05, 0) is 40.2 Å². The first-order chi connectivity index (χ1) is 9.93. The van der Waals surface area contributed by atoms with Gasteiger partial charge in [-0.3, -0.25) is 4.79 Å². The first kappa shape index (κ1) is 16.6. The summed E-state index contributed by atoms with van der Waals surface area (Å²) in [4.78, 5) is 12.4. The fraction of sp³-hybridized carbons (Fsp3) is 0.0714. The molecule has 0 radical (unpaired) electrons. The van der Waals surface area contributed by atoms with Gasteiger partial charge in [0.05, 0.1) is 32.9 Å². The van der Waals surface area contributed by atoms with E-state index in [4.69, 9.17) is 27.9 Å². The minimum Gasteiger partial charge on any atom is -0.495 e. The van der Waals surface area contributed by atoms with Gasteiger partial charge in [0.2, 0.25) is 0 Å². The van der Waals surface area contributed by atoms with E-state index < -0.39 is 0 Å². The molecule has 0 atom stereocenters. The number of hydrogen-bond donors (Lipinski definition) is 1. The molecule has 2 aromatic rings. The van der Waals surface area contributed by atoms with Gasteiger partial charge in [-0.25, -0.2) is 0 Å². The van der Waals surface area contributed by atoms with Crippen LogP contribution in [0.1, 0.15) is 10.4 Å². The molecular weight excluding hydrogens is 445 g/mol. The van der Waals surface area contributed by atoms with Crippen molar-refractivity contribution in [3.8, 4) is 5.75 Å². The van der Waals surface area contributed by atoms with Crippen LogP contribution in [-0.2, 0) is 0 Å². The molecule has 0 heterocycles. The van der Waals surface area contributed by atoms with Crippen LogP contribution in [0, 0.1) is 0 Å². The largest absolute Gasteiger partial charge is 0.495 e. The Morgan fingerprint density at radius 2 is 1.95 bits per heavy atom. The third-order valence-corrected chi connectivity index (χ3v) is 4.52. The summed E-state index contributed by atoms with van der Waals surface area (Å²) in [5.41, 5.74) is 0.808. The van der Waals surface area contributed by atoms with Crippen molar-refractivity contribution in [2.75, 3.05) is 12.4 Å². The van der Waals surface area contributed by atoms with Crippen molar-refractivity contribution >= 4 is 66.7 Å². The summed E-state index contributed by atoms with van der Waals surface area (Å²) < 4.78 is 6.67. The van der Waals surface area contributed by atoms with Crippen LogP contribution in [0.3, 0.4) is 0 Å². The number of anilines is 1. The Morgan fingerprint density at radius 1 is 1.24 bits per heavy atom. The van der Waals surface area contributed by atoms with E-state index in [1.807, 2.05) is 0 Å². The van der Waals surface area contributed by atoms with Gasteiger partial charge >= 0.3 is 0 Å². The number of carbonyl (C=O) groups is 1. The van der Waals surface area contributed by atoms with Crippen molar-refractivity contribution in [2.45, 2.75) is 0 Å². The molecule has 7 heteroatoms. The number of methoxy groups -OCH3 is 1. The van der Waals surface area contributed by atoms with E-state index in [9.17, 15) is 4.79 Å². The fourth-order valence-electron chi connectivity index (χ4n) is 1.73. The number of ether oxygens (including phenoxy) is 1. The van der Waals surface area contributed by atoms with E-state index in [-0.39, 0.29) is 5.91 Å². The van der Waals surface area contributed by atoms with Gasteiger partial charge in [0.25, 0.3) is 5.91 Å². The summed E-state index contributed by atoms with van der Waals surface area (Å²) in [6, 6.07) is 8.48. The Kier molecular flexibility index (Phi) is 5.54. The number of amides is 1. The molecule has 0 saturated heterocycles. The van der Waals surface area contributed by atoms with Crippen molar-refractivity contribution in [1.29, 1.82) is 0 Å². The number of carbonyl (C=O) groups excluding carboxylic acids is 1. The molecule has 3 nitrogen and oxygen atoms in total. The lowest BCUT2D eigenvalue weighted by molar-refractivity contribution is 0.102. The minimum atomic E-state index is -0.349. The van der Waals surface area contributed by atoms with Gasteiger partial charge < -0.3 is 10.1 Å². The molecule has 0 aliphatic rings. The predicted molar refractivity (Wildman–Crippen MR) is 92.8 cm³/mol. The van der Waals surface area contributed by atoms with Crippen LogP contribution in [0.5, 0.6) is 5.75 Å². The molecule has 21 heavy (non-hydrogen) atoms. The van der Waals surface area contributed by atoms with Gasteiger partial charge in [-0.2, -0.15) is 0 Å². The summed E-state index contributed by atoms with van der Waals surface area (Å²) in [6.45, 7) is 0. The summed E-state index contributed by atoms with van der Waals surface area (Å²) in [5, 5.41) is 3.38. The molecule has 0 aliphatic carbocycles. The van der Waals surface area contributed by atoms with Gasteiger partial charge in [-0.15, -0.1) is 0 Å². The Hall–Kier alpha value is -0.750. The molecule has 0 aromatic heterocycles. The van der Waals surface area contributed by atoms with E-state index in [0.717, 1.165) is 4.47 Å². The van der Waals surface area contributed by atoms with E-state index in [1.165, 1.54) is 7.11 Å². The first-order valence-electron chi connectivity index (χ1n) is 5.72. The van der Waals surface area contributed by atoms with E-state index >= 15 is 0 Å². The third-order valence-electron chi connectivity index (χ3n) is 2.66. The molecular formula is C14H9Br2Cl2NO2. The molecule has 0 spiro atoms. The van der Waals surface area contributed by atoms with Gasteiger partial charge in [-0.1, -0.05) is 45.2 Å². The third kappa shape index (κ3) is 3.72. The Labute approximate surface area is 148 Å². The van der Waals surface area contributed by atoms with Crippen LogP contribution >= 0.6 is 55.1 Å². The second-order valence-corrected chi connectivity index (χ2v) is 6.58. The highest BCUT2D eigenvalue weighted by Gasteiger charge is 2.17. The molecule has 2 aromatic carbocycles. The second-order valence-electron chi connectivity index (χ2n) is 4.02. The number of hydrogen-bond acceptors (Lipinski definition) is 2. The number of rotatable bonds is 3. The lowest BCUT2D eigenvalue weighted by atomic mass is 10.2. The van der Waals surface area contributed by atoms with E-state index in [0.29, 0.717) is 31.5 Å². The van der Waals surface area contributed by atoms with Gasteiger partial charge in [0.15, 0.2) is 0 Å². The Morgan fingerprint density at radius 3 is 2.62 bits per heavy atom. The van der Waals surface area contributed by atoms with Crippen molar-refractivity contribution in [1.82, 2.24) is 0 Å². The predicted octanol–water partition coefficient (Wildman–Crippen LogP) is 5.78. The van der Waals surface area contributed by atoms with Crippen LogP contribution < -0.4 is 10.1 Å². The van der Waals surface area contributed by atoms with Crippen LogP contribution in [0.4, 0.5) is 5.69 Å². The fourth-order valence-corrected chi connectivity index (χ4v) is 3.46. The number of halogens is 4. The molecule has 110 valence electrons. The smallest absolute Gasteiger partial charge is 0.259 e. The number of nitrogens with one attached hydrogen (secondary N) is 1. The topological polar surface area (TPSA) is 38.3 Å². The average Bonchev–Trinajstić information content (AvgIpc) is 2.43. The maximum absolute atomic E-state index is 12.4. The zero-order valence-corrected chi connectivity index (χ0v) is 15.4. The normalized spacial score (nSPS) is 10.3. The van der Waals surface area contributed by atoms with Crippen LogP contribution in [0.2, 0.25) is 10.0 Å². The quantitative estimate of drug-likeness (QED) is 0.639. The van der Waals surface area contributed by atoms with Crippen LogP contribution in [0.15, 0.2) is 39.3 Å². The lowest BCUT2D eigenvalue weighted by Crippen LogP contribution is -2.14. The highest BCUT2D eigenvalue weighted by Crippen LogP contribution is 2.34. The van der Waals surface area contributed by atoms with Crippen molar-refractivity contribution < 1.29 is 9.53 Å². The molecule has 0 aliphatic heterocycles. The van der Waals surface area contributed by atoms with E-state index in [1.54, 1.807) is 30.3 Å². The lowest BCUT2D eigenvalue weighted by Gasteiger charge is -2.12. The SMILES string of the molecule is COc1c(Br)cc(Br)cc1C(=O)Nc1cccc(Cl)c1Cl. The zero-order chi connectivity index (χ0) is 15.6. The van der Waals surface area contributed by atoms with Crippen molar-refractivity contribution in [3.63, 3.8) is 0 Å². The maximum atomic E-state index is 12.4. The molecule has 1 N–H and O–H groups in total. The molecule has 1 amide bonds. The van der Waals surface area contributed by atoms with Crippen molar-refractivity contribution in [2.24, 2.45) is 0 Å².